The van der Waals surface area contributed by atoms with Gasteiger partial charge in [-0.25, -0.2) is 0 Å². The van der Waals surface area contributed by atoms with Crippen LogP contribution >= 0.6 is 0 Å². The maximum atomic E-state index is 12.2. The largest absolute Gasteiger partial charge is 0.496 e. The minimum Gasteiger partial charge on any atom is -0.496 e. The third kappa shape index (κ3) is 4.91. The number of nitro groups is 1. The van der Waals surface area contributed by atoms with E-state index in [0.29, 0.717) is 16.9 Å². The quantitative estimate of drug-likeness (QED) is 0.241. The van der Waals surface area contributed by atoms with Crippen molar-refractivity contribution in [3.05, 3.63) is 87.2 Å². The molecule has 0 bridgehead atoms. The van der Waals surface area contributed by atoms with E-state index in [-0.39, 0.29) is 23.8 Å². The fourth-order valence-electron chi connectivity index (χ4n) is 2.87. The monoisotopic (exact) mass is 407 g/mol. The van der Waals surface area contributed by atoms with Crippen molar-refractivity contribution >= 4 is 17.5 Å². The molecular weight excluding hydrogens is 386 g/mol. The number of ketones is 1. The summed E-state index contributed by atoms with van der Waals surface area (Å²) in [6.07, 6.45) is 6.31. The molecular formula is C22H21N3O5. The van der Waals surface area contributed by atoms with Crippen LogP contribution in [0.2, 0.25) is 0 Å². The van der Waals surface area contributed by atoms with Crippen molar-refractivity contribution in [3.63, 3.8) is 0 Å². The van der Waals surface area contributed by atoms with E-state index in [2.05, 4.69) is 5.10 Å². The van der Waals surface area contributed by atoms with Gasteiger partial charge in [0, 0.05) is 24.9 Å². The van der Waals surface area contributed by atoms with Crippen LogP contribution in [0.4, 0.5) is 5.69 Å². The van der Waals surface area contributed by atoms with E-state index in [1.807, 2.05) is 19.1 Å². The van der Waals surface area contributed by atoms with E-state index in [4.69, 9.17) is 9.47 Å². The number of benzene rings is 2. The molecule has 0 radical (unpaired) electrons. The minimum absolute atomic E-state index is 0.0751. The number of hydrogen-bond acceptors (Lipinski definition) is 6. The van der Waals surface area contributed by atoms with Crippen LogP contribution < -0.4 is 9.47 Å². The van der Waals surface area contributed by atoms with Gasteiger partial charge in [0.25, 0.3) is 0 Å². The van der Waals surface area contributed by atoms with Crippen molar-refractivity contribution < 1.29 is 19.2 Å². The van der Waals surface area contributed by atoms with Gasteiger partial charge in [0.2, 0.25) is 0 Å². The van der Waals surface area contributed by atoms with E-state index in [1.54, 1.807) is 42.2 Å². The Bertz CT molecular complexity index is 1120. The molecule has 0 aliphatic heterocycles. The molecule has 2 aromatic carbocycles. The van der Waals surface area contributed by atoms with Crippen LogP contribution in [0, 0.1) is 17.0 Å². The van der Waals surface area contributed by atoms with Crippen molar-refractivity contribution in [2.24, 2.45) is 7.05 Å². The molecule has 154 valence electrons. The molecule has 0 atom stereocenters. The highest BCUT2D eigenvalue weighted by Crippen LogP contribution is 2.30. The molecule has 0 aliphatic rings. The number of aryl methyl sites for hydroxylation is 2. The molecule has 0 unspecified atom stereocenters. The number of aromatic nitrogens is 2. The molecule has 3 rings (SSSR count). The Morgan fingerprint density at radius 2 is 2.03 bits per heavy atom. The molecule has 1 heterocycles. The van der Waals surface area contributed by atoms with E-state index < -0.39 is 4.92 Å². The molecule has 3 aromatic rings. The Morgan fingerprint density at radius 3 is 2.70 bits per heavy atom. The molecule has 1 aromatic heterocycles. The van der Waals surface area contributed by atoms with E-state index in [0.717, 1.165) is 11.1 Å². The second-order valence-corrected chi connectivity index (χ2v) is 6.69. The zero-order chi connectivity index (χ0) is 21.7. The van der Waals surface area contributed by atoms with Gasteiger partial charge in [0.1, 0.15) is 12.4 Å². The summed E-state index contributed by atoms with van der Waals surface area (Å²) in [6.45, 7) is 1.91. The summed E-state index contributed by atoms with van der Waals surface area (Å²) in [5, 5.41) is 15.2. The van der Waals surface area contributed by atoms with Gasteiger partial charge in [0.15, 0.2) is 11.5 Å². The molecule has 8 heteroatoms. The van der Waals surface area contributed by atoms with Crippen molar-refractivity contribution in [1.29, 1.82) is 0 Å². The third-order valence-electron chi connectivity index (χ3n) is 4.42. The van der Waals surface area contributed by atoms with E-state index in [9.17, 15) is 14.9 Å². The number of methoxy groups -OCH3 is 1. The van der Waals surface area contributed by atoms with Gasteiger partial charge in [-0.15, -0.1) is 0 Å². The summed E-state index contributed by atoms with van der Waals surface area (Å²) in [6, 6.07) is 10.1. The maximum Gasteiger partial charge on any atom is 0.310 e. The molecule has 0 N–H and O–H groups in total. The number of hydrogen-bond donors (Lipinski definition) is 0. The zero-order valence-corrected chi connectivity index (χ0v) is 16.9. The number of nitro benzene ring substituents is 1. The standard InChI is InChI=1S/C22H21N3O5/c1-15-4-7-19(25(27)28)22(10-15)30-14-17-11-16(6-9-21(17)29-3)5-8-20(26)18-12-23-24(2)13-18/h4-13H,14H2,1-3H3/b8-5+. The second kappa shape index (κ2) is 9.04. The van der Waals surface area contributed by atoms with Crippen molar-refractivity contribution in [1.82, 2.24) is 9.78 Å². The van der Waals surface area contributed by atoms with Gasteiger partial charge in [-0.05, 0) is 42.3 Å². The van der Waals surface area contributed by atoms with Gasteiger partial charge >= 0.3 is 5.69 Å². The summed E-state index contributed by atoms with van der Waals surface area (Å²) in [7, 11) is 3.28. The summed E-state index contributed by atoms with van der Waals surface area (Å²) >= 11 is 0. The molecule has 30 heavy (non-hydrogen) atoms. The molecule has 8 nitrogen and oxygen atoms in total. The molecule has 0 saturated heterocycles. The first kappa shape index (κ1) is 20.8. The lowest BCUT2D eigenvalue weighted by Gasteiger charge is -2.12. The highest BCUT2D eigenvalue weighted by Gasteiger charge is 2.16. The van der Waals surface area contributed by atoms with Gasteiger partial charge in [-0.3, -0.25) is 19.6 Å². The highest BCUT2D eigenvalue weighted by atomic mass is 16.6. The molecule has 0 amide bonds. The number of nitrogens with zero attached hydrogens (tertiary/aromatic N) is 3. The van der Waals surface area contributed by atoms with Crippen molar-refractivity contribution in [2.75, 3.05) is 7.11 Å². The average Bonchev–Trinajstić information content (AvgIpc) is 3.16. The van der Waals surface area contributed by atoms with Crippen LogP contribution in [0.5, 0.6) is 11.5 Å². The smallest absolute Gasteiger partial charge is 0.310 e. The van der Waals surface area contributed by atoms with Crippen LogP contribution in [0.25, 0.3) is 6.08 Å². The Balaban J connectivity index is 1.80. The van der Waals surface area contributed by atoms with Gasteiger partial charge < -0.3 is 9.47 Å². The molecule has 0 fully saturated rings. The Morgan fingerprint density at radius 1 is 1.23 bits per heavy atom. The Hall–Kier alpha value is -3.94. The first-order valence-electron chi connectivity index (χ1n) is 9.13. The van der Waals surface area contributed by atoms with E-state index in [1.165, 1.54) is 25.4 Å². The summed E-state index contributed by atoms with van der Waals surface area (Å²) in [4.78, 5) is 23.0. The summed E-state index contributed by atoms with van der Waals surface area (Å²) < 4.78 is 12.7. The highest BCUT2D eigenvalue weighted by molar-refractivity contribution is 6.06. The maximum absolute atomic E-state index is 12.2. The second-order valence-electron chi connectivity index (χ2n) is 6.69. The normalized spacial score (nSPS) is 10.9. The van der Waals surface area contributed by atoms with Gasteiger partial charge in [-0.1, -0.05) is 18.2 Å². The SMILES string of the molecule is COc1ccc(/C=C/C(=O)c2cnn(C)c2)cc1COc1cc(C)ccc1[N+](=O)[O-]. The number of ether oxygens (including phenoxy) is 2. The van der Waals surface area contributed by atoms with Crippen molar-refractivity contribution in [3.8, 4) is 11.5 Å². The van der Waals surface area contributed by atoms with Crippen LogP contribution in [-0.4, -0.2) is 27.6 Å². The number of carbonyl (C=O) groups excluding carboxylic acids is 1. The van der Waals surface area contributed by atoms with E-state index >= 15 is 0 Å². The number of rotatable bonds is 8. The first-order chi connectivity index (χ1) is 14.4. The molecule has 0 spiro atoms. The van der Waals surface area contributed by atoms with Crippen molar-refractivity contribution in [2.45, 2.75) is 13.5 Å². The van der Waals surface area contributed by atoms with Crippen LogP contribution in [0.1, 0.15) is 27.0 Å². The minimum atomic E-state index is -0.477. The topological polar surface area (TPSA) is 96.5 Å². The fraction of sp³-hybridized carbons (Fsp3) is 0.182. The zero-order valence-electron chi connectivity index (χ0n) is 16.9. The average molecular weight is 407 g/mol. The predicted octanol–water partition coefficient (Wildman–Crippen LogP) is 4.12. The Labute approximate surface area is 173 Å². The molecule has 0 aliphatic carbocycles. The first-order valence-corrected chi connectivity index (χ1v) is 9.13. The lowest BCUT2D eigenvalue weighted by molar-refractivity contribution is -0.386. The van der Waals surface area contributed by atoms with Crippen LogP contribution in [0.15, 0.2) is 54.9 Å². The Kier molecular flexibility index (Phi) is 6.26. The number of carbonyl (C=O) groups is 1. The third-order valence-corrected chi connectivity index (χ3v) is 4.42. The van der Waals surface area contributed by atoms with Crippen LogP contribution in [0.3, 0.4) is 0 Å². The fourth-order valence-corrected chi connectivity index (χ4v) is 2.87. The lowest BCUT2D eigenvalue weighted by Crippen LogP contribution is -2.02. The number of allylic oxidation sites excluding steroid dienone is 1. The predicted molar refractivity (Wildman–Crippen MR) is 112 cm³/mol. The van der Waals surface area contributed by atoms with Gasteiger partial charge in [-0.2, -0.15) is 5.10 Å². The summed E-state index contributed by atoms with van der Waals surface area (Å²) in [5.74, 6) is 0.614. The summed E-state index contributed by atoms with van der Waals surface area (Å²) in [5.41, 5.74) is 2.72. The van der Waals surface area contributed by atoms with Crippen LogP contribution in [-0.2, 0) is 13.7 Å². The lowest BCUT2D eigenvalue weighted by atomic mass is 10.1. The van der Waals surface area contributed by atoms with Gasteiger partial charge in [0.05, 0.1) is 23.8 Å². The molecule has 0 saturated carbocycles.